The maximum Gasteiger partial charge on any atom is 0.244 e. The van der Waals surface area contributed by atoms with E-state index in [1.807, 2.05) is 18.2 Å². The summed E-state index contributed by atoms with van der Waals surface area (Å²) in [5.74, 6) is -0.0690. The summed E-state index contributed by atoms with van der Waals surface area (Å²) in [7, 11) is 0. The first-order chi connectivity index (χ1) is 9.12. The number of carbonyl (C=O) groups excluding carboxylic acids is 1. The summed E-state index contributed by atoms with van der Waals surface area (Å²) in [6, 6.07) is 8.09. The maximum absolute atomic E-state index is 11.9. The van der Waals surface area contributed by atoms with Crippen molar-refractivity contribution in [2.24, 2.45) is 5.73 Å². The number of benzene rings is 1. The van der Waals surface area contributed by atoms with Crippen LogP contribution in [0.25, 0.3) is 10.9 Å². The molecule has 4 nitrogen and oxygen atoms in total. The molecule has 0 spiro atoms. The third-order valence-electron chi connectivity index (χ3n) is 3.74. The van der Waals surface area contributed by atoms with Crippen LogP contribution < -0.4 is 11.1 Å². The zero-order valence-electron chi connectivity index (χ0n) is 11.1. The van der Waals surface area contributed by atoms with Crippen LogP contribution in [0.4, 0.5) is 5.69 Å². The van der Waals surface area contributed by atoms with E-state index >= 15 is 0 Å². The highest BCUT2D eigenvalue weighted by molar-refractivity contribution is 6.01. The topological polar surface area (TPSA) is 60.0 Å². The lowest BCUT2D eigenvalue weighted by molar-refractivity contribution is -0.118. The van der Waals surface area contributed by atoms with Gasteiger partial charge < -0.3 is 15.6 Å². The molecule has 1 amide bonds. The summed E-state index contributed by atoms with van der Waals surface area (Å²) in [4.78, 5) is 11.9. The van der Waals surface area contributed by atoms with Crippen molar-refractivity contribution >= 4 is 22.5 Å². The Kier molecular flexibility index (Phi) is 2.82. The monoisotopic (exact) mass is 257 g/mol. The molecule has 0 atom stereocenters. The number of nitrogens with two attached hydrogens (primary N) is 1. The molecule has 0 radical (unpaired) electrons. The molecule has 1 saturated carbocycles. The Labute approximate surface area is 112 Å². The van der Waals surface area contributed by atoms with Gasteiger partial charge in [0.1, 0.15) is 0 Å². The van der Waals surface area contributed by atoms with Crippen LogP contribution in [0.2, 0.25) is 0 Å². The Balaban J connectivity index is 1.87. The summed E-state index contributed by atoms with van der Waals surface area (Å²) in [6.45, 7) is 3.14. The fourth-order valence-electron chi connectivity index (χ4n) is 2.31. The lowest BCUT2D eigenvalue weighted by Crippen LogP contribution is -2.37. The standard InChI is InChI=1S/C15H19N3O/c1-2-8-18-9-5-11-3-4-12(10-13(11)18)17-14(19)15(16)6-7-15/h3-5,9-10H,2,6-8,16H2,1H3,(H,17,19). The molecule has 1 aromatic carbocycles. The van der Waals surface area contributed by atoms with E-state index in [1.165, 1.54) is 5.39 Å². The number of amides is 1. The number of hydrogen-bond acceptors (Lipinski definition) is 2. The van der Waals surface area contributed by atoms with Crippen LogP contribution in [0.3, 0.4) is 0 Å². The Hall–Kier alpha value is -1.81. The van der Waals surface area contributed by atoms with Crippen molar-refractivity contribution in [3.63, 3.8) is 0 Å². The minimum Gasteiger partial charge on any atom is -0.347 e. The van der Waals surface area contributed by atoms with E-state index in [0.717, 1.165) is 37.0 Å². The van der Waals surface area contributed by atoms with Gasteiger partial charge in [0.05, 0.1) is 11.1 Å². The van der Waals surface area contributed by atoms with E-state index in [-0.39, 0.29) is 5.91 Å². The lowest BCUT2D eigenvalue weighted by Gasteiger charge is -2.11. The molecule has 1 aromatic heterocycles. The molecule has 1 fully saturated rings. The summed E-state index contributed by atoms with van der Waals surface area (Å²) < 4.78 is 2.21. The number of carbonyl (C=O) groups is 1. The number of anilines is 1. The molecule has 19 heavy (non-hydrogen) atoms. The third kappa shape index (κ3) is 2.24. The largest absolute Gasteiger partial charge is 0.347 e. The van der Waals surface area contributed by atoms with Gasteiger partial charge in [0.15, 0.2) is 0 Å². The average molecular weight is 257 g/mol. The van der Waals surface area contributed by atoms with E-state index in [2.05, 4.69) is 29.1 Å². The zero-order valence-corrected chi connectivity index (χ0v) is 11.1. The van der Waals surface area contributed by atoms with Crippen molar-refractivity contribution in [2.45, 2.75) is 38.3 Å². The third-order valence-corrected chi connectivity index (χ3v) is 3.74. The lowest BCUT2D eigenvalue weighted by atomic mass is 10.2. The second-order valence-corrected chi connectivity index (χ2v) is 5.39. The molecular weight excluding hydrogens is 238 g/mol. The van der Waals surface area contributed by atoms with E-state index < -0.39 is 5.54 Å². The van der Waals surface area contributed by atoms with E-state index in [9.17, 15) is 4.79 Å². The van der Waals surface area contributed by atoms with Gasteiger partial charge in [-0.1, -0.05) is 13.0 Å². The number of aryl methyl sites for hydroxylation is 1. The number of rotatable bonds is 4. The minimum absolute atomic E-state index is 0.0690. The van der Waals surface area contributed by atoms with Gasteiger partial charge in [-0.3, -0.25) is 4.79 Å². The first-order valence-corrected chi connectivity index (χ1v) is 6.82. The smallest absolute Gasteiger partial charge is 0.244 e. The van der Waals surface area contributed by atoms with Gasteiger partial charge in [0.2, 0.25) is 5.91 Å². The fourth-order valence-corrected chi connectivity index (χ4v) is 2.31. The number of aromatic nitrogens is 1. The molecule has 3 rings (SSSR count). The molecular formula is C15H19N3O. The molecule has 0 saturated heterocycles. The molecule has 4 heteroatoms. The van der Waals surface area contributed by atoms with Gasteiger partial charge in [-0.15, -0.1) is 0 Å². The second kappa shape index (κ2) is 4.38. The second-order valence-electron chi connectivity index (χ2n) is 5.39. The highest BCUT2D eigenvalue weighted by Crippen LogP contribution is 2.33. The van der Waals surface area contributed by atoms with Gasteiger partial charge in [-0.05, 0) is 42.8 Å². The maximum atomic E-state index is 11.9. The van der Waals surface area contributed by atoms with Crippen molar-refractivity contribution in [1.82, 2.24) is 4.57 Å². The van der Waals surface area contributed by atoms with Crippen molar-refractivity contribution in [3.05, 3.63) is 30.5 Å². The van der Waals surface area contributed by atoms with Gasteiger partial charge in [-0.25, -0.2) is 0 Å². The predicted octanol–water partition coefficient (Wildman–Crippen LogP) is 2.48. The summed E-state index contributed by atoms with van der Waals surface area (Å²) in [5, 5.41) is 4.11. The van der Waals surface area contributed by atoms with Gasteiger partial charge in [0, 0.05) is 18.4 Å². The van der Waals surface area contributed by atoms with E-state index in [1.54, 1.807) is 0 Å². The normalized spacial score (nSPS) is 16.5. The van der Waals surface area contributed by atoms with Crippen LogP contribution in [0.5, 0.6) is 0 Å². The first kappa shape index (κ1) is 12.2. The Bertz CT molecular complexity index is 625. The Morgan fingerprint density at radius 1 is 1.42 bits per heavy atom. The highest BCUT2D eigenvalue weighted by Gasteiger charge is 2.45. The molecule has 0 aliphatic heterocycles. The molecule has 100 valence electrons. The molecule has 2 aromatic rings. The minimum atomic E-state index is -0.625. The Morgan fingerprint density at radius 3 is 2.89 bits per heavy atom. The van der Waals surface area contributed by atoms with Crippen LogP contribution in [-0.4, -0.2) is 16.0 Å². The van der Waals surface area contributed by atoms with Crippen LogP contribution in [0.1, 0.15) is 26.2 Å². The summed E-state index contributed by atoms with van der Waals surface area (Å²) >= 11 is 0. The fraction of sp³-hybridized carbons (Fsp3) is 0.400. The highest BCUT2D eigenvalue weighted by atomic mass is 16.2. The molecule has 1 heterocycles. The number of hydrogen-bond donors (Lipinski definition) is 2. The molecule has 0 bridgehead atoms. The number of nitrogens with one attached hydrogen (secondary N) is 1. The number of nitrogens with zero attached hydrogens (tertiary/aromatic N) is 1. The Morgan fingerprint density at radius 2 is 2.21 bits per heavy atom. The molecule has 1 aliphatic rings. The van der Waals surface area contributed by atoms with Crippen LogP contribution in [0, 0.1) is 0 Å². The molecule has 0 unspecified atom stereocenters. The predicted molar refractivity (Wildman–Crippen MR) is 77.0 cm³/mol. The SMILES string of the molecule is CCCn1ccc2ccc(NC(=O)C3(N)CC3)cc21. The van der Waals surface area contributed by atoms with Gasteiger partial charge in [-0.2, -0.15) is 0 Å². The van der Waals surface area contributed by atoms with Crippen LogP contribution in [0.15, 0.2) is 30.5 Å². The first-order valence-electron chi connectivity index (χ1n) is 6.82. The van der Waals surface area contributed by atoms with E-state index in [0.29, 0.717) is 0 Å². The molecule has 1 aliphatic carbocycles. The van der Waals surface area contributed by atoms with Gasteiger partial charge in [0.25, 0.3) is 0 Å². The van der Waals surface area contributed by atoms with Crippen LogP contribution >= 0.6 is 0 Å². The molecule has 3 N–H and O–H groups in total. The zero-order chi connectivity index (χ0) is 13.5. The van der Waals surface area contributed by atoms with Crippen molar-refractivity contribution in [2.75, 3.05) is 5.32 Å². The van der Waals surface area contributed by atoms with Gasteiger partial charge >= 0.3 is 0 Å². The van der Waals surface area contributed by atoms with E-state index in [4.69, 9.17) is 5.73 Å². The summed E-state index contributed by atoms with van der Waals surface area (Å²) in [6.07, 6.45) is 4.75. The average Bonchev–Trinajstić information content (AvgIpc) is 3.03. The quantitative estimate of drug-likeness (QED) is 0.884. The van der Waals surface area contributed by atoms with Crippen molar-refractivity contribution in [3.8, 4) is 0 Å². The van der Waals surface area contributed by atoms with Crippen molar-refractivity contribution in [1.29, 1.82) is 0 Å². The van der Waals surface area contributed by atoms with Crippen LogP contribution in [-0.2, 0) is 11.3 Å². The van der Waals surface area contributed by atoms with Crippen molar-refractivity contribution < 1.29 is 4.79 Å². The summed E-state index contributed by atoms with van der Waals surface area (Å²) in [5.41, 5.74) is 7.24. The number of fused-ring (bicyclic) bond motifs is 1.